The third-order valence-corrected chi connectivity index (χ3v) is 4.06. The third kappa shape index (κ3) is 4.47. The number of rotatable bonds is 5. The van der Waals surface area contributed by atoms with Crippen LogP contribution in [0.3, 0.4) is 0 Å². The summed E-state index contributed by atoms with van der Waals surface area (Å²) in [5, 5.41) is 7.36. The SMILES string of the molecule is CCCN1CCCn2nc(CNc3nccc(C(F)(F)F)n3)cc2C1. The zero-order valence-electron chi connectivity index (χ0n) is 14.1. The molecular formula is C16H21F3N6. The Morgan fingerprint density at radius 3 is 2.88 bits per heavy atom. The van der Waals surface area contributed by atoms with Crippen LogP contribution in [0.5, 0.6) is 0 Å². The largest absolute Gasteiger partial charge is 0.433 e. The van der Waals surface area contributed by atoms with Gasteiger partial charge in [0.2, 0.25) is 5.95 Å². The first kappa shape index (κ1) is 17.7. The van der Waals surface area contributed by atoms with Crippen LogP contribution in [0.15, 0.2) is 18.3 Å². The van der Waals surface area contributed by atoms with Crippen molar-refractivity contribution in [2.45, 2.75) is 45.6 Å². The molecule has 0 saturated carbocycles. The summed E-state index contributed by atoms with van der Waals surface area (Å²) in [6.45, 7) is 6.26. The van der Waals surface area contributed by atoms with Crippen molar-refractivity contribution >= 4 is 5.95 Å². The van der Waals surface area contributed by atoms with Gasteiger partial charge in [-0.3, -0.25) is 9.58 Å². The highest BCUT2D eigenvalue weighted by molar-refractivity contribution is 5.27. The molecule has 0 amide bonds. The molecule has 0 saturated heterocycles. The minimum atomic E-state index is -4.48. The minimum absolute atomic E-state index is 0.0503. The van der Waals surface area contributed by atoms with Gasteiger partial charge >= 0.3 is 6.18 Å². The van der Waals surface area contributed by atoms with E-state index in [1.807, 2.05) is 10.7 Å². The average molecular weight is 354 g/mol. The minimum Gasteiger partial charge on any atom is -0.348 e. The fourth-order valence-corrected chi connectivity index (χ4v) is 2.95. The van der Waals surface area contributed by atoms with Crippen LogP contribution in [-0.4, -0.2) is 37.7 Å². The van der Waals surface area contributed by atoms with E-state index >= 15 is 0 Å². The summed E-state index contributed by atoms with van der Waals surface area (Å²) in [5.74, 6) is -0.0503. The van der Waals surface area contributed by atoms with Gasteiger partial charge in [0.15, 0.2) is 0 Å². The third-order valence-electron chi connectivity index (χ3n) is 4.06. The number of hydrogen-bond acceptors (Lipinski definition) is 5. The molecule has 0 bridgehead atoms. The fraction of sp³-hybridized carbons (Fsp3) is 0.562. The van der Waals surface area contributed by atoms with Gasteiger partial charge in [0.25, 0.3) is 0 Å². The molecule has 6 nitrogen and oxygen atoms in total. The molecule has 0 spiro atoms. The van der Waals surface area contributed by atoms with Crippen molar-refractivity contribution in [1.82, 2.24) is 24.6 Å². The van der Waals surface area contributed by atoms with Gasteiger partial charge in [-0.15, -0.1) is 0 Å². The standard InChI is InChI=1S/C16H21F3N6/c1-2-6-24-7-3-8-25-13(11-24)9-12(23-25)10-21-15-20-5-4-14(22-15)16(17,18)19/h4-5,9H,2-3,6-8,10-11H2,1H3,(H,20,21,22). The quantitative estimate of drug-likeness (QED) is 0.895. The van der Waals surface area contributed by atoms with Gasteiger partial charge in [-0.1, -0.05) is 6.92 Å². The molecule has 9 heteroatoms. The lowest BCUT2D eigenvalue weighted by Crippen LogP contribution is -2.23. The average Bonchev–Trinajstić information content (AvgIpc) is 2.85. The highest BCUT2D eigenvalue weighted by atomic mass is 19.4. The van der Waals surface area contributed by atoms with E-state index in [0.717, 1.165) is 62.7 Å². The Kier molecular flexibility index (Phi) is 5.22. The van der Waals surface area contributed by atoms with Crippen molar-refractivity contribution in [3.63, 3.8) is 0 Å². The molecule has 0 aliphatic carbocycles. The van der Waals surface area contributed by atoms with E-state index in [4.69, 9.17) is 0 Å². The van der Waals surface area contributed by atoms with Crippen LogP contribution >= 0.6 is 0 Å². The van der Waals surface area contributed by atoms with E-state index in [1.54, 1.807) is 0 Å². The Hall–Kier alpha value is -2.16. The Bertz CT molecular complexity index is 712. The Balaban J connectivity index is 1.66. The Morgan fingerprint density at radius 2 is 2.12 bits per heavy atom. The van der Waals surface area contributed by atoms with E-state index in [-0.39, 0.29) is 12.5 Å². The summed E-state index contributed by atoms with van der Waals surface area (Å²) < 4.78 is 40.0. The van der Waals surface area contributed by atoms with Gasteiger partial charge in [0.1, 0.15) is 5.69 Å². The monoisotopic (exact) mass is 354 g/mol. The molecule has 2 aromatic heterocycles. The smallest absolute Gasteiger partial charge is 0.348 e. The van der Waals surface area contributed by atoms with Crippen LogP contribution < -0.4 is 5.32 Å². The number of alkyl halides is 3. The molecular weight excluding hydrogens is 333 g/mol. The van der Waals surface area contributed by atoms with Gasteiger partial charge < -0.3 is 5.32 Å². The first-order valence-electron chi connectivity index (χ1n) is 8.38. The number of nitrogens with one attached hydrogen (secondary N) is 1. The topological polar surface area (TPSA) is 58.9 Å². The van der Waals surface area contributed by atoms with E-state index in [9.17, 15) is 13.2 Å². The van der Waals surface area contributed by atoms with Gasteiger partial charge in [0.05, 0.1) is 17.9 Å². The first-order valence-corrected chi connectivity index (χ1v) is 8.38. The maximum absolute atomic E-state index is 12.7. The second-order valence-electron chi connectivity index (χ2n) is 6.10. The maximum Gasteiger partial charge on any atom is 0.433 e. The van der Waals surface area contributed by atoms with E-state index in [1.165, 1.54) is 0 Å². The summed E-state index contributed by atoms with van der Waals surface area (Å²) >= 11 is 0. The Morgan fingerprint density at radius 1 is 1.28 bits per heavy atom. The van der Waals surface area contributed by atoms with Crippen LogP contribution in [0.2, 0.25) is 0 Å². The summed E-state index contributed by atoms with van der Waals surface area (Å²) in [6.07, 6.45) is -1.23. The normalized spacial score (nSPS) is 15.7. The molecule has 0 fully saturated rings. The van der Waals surface area contributed by atoms with Crippen LogP contribution in [0.4, 0.5) is 19.1 Å². The van der Waals surface area contributed by atoms with Crippen molar-refractivity contribution in [3.8, 4) is 0 Å². The second kappa shape index (κ2) is 7.38. The summed E-state index contributed by atoms with van der Waals surface area (Å²) in [5.41, 5.74) is 0.947. The number of aromatic nitrogens is 4. The molecule has 0 radical (unpaired) electrons. The lowest BCUT2D eigenvalue weighted by atomic mass is 10.3. The molecule has 2 aromatic rings. The zero-order valence-corrected chi connectivity index (χ0v) is 14.1. The van der Waals surface area contributed by atoms with E-state index < -0.39 is 11.9 Å². The van der Waals surface area contributed by atoms with E-state index in [0.29, 0.717) is 0 Å². The van der Waals surface area contributed by atoms with Crippen molar-refractivity contribution < 1.29 is 13.2 Å². The number of aryl methyl sites for hydroxylation is 1. The Labute approximate surface area is 144 Å². The number of hydrogen-bond donors (Lipinski definition) is 1. The van der Waals surface area contributed by atoms with Crippen molar-refractivity contribution in [3.05, 3.63) is 35.4 Å². The molecule has 1 aliphatic rings. The number of halogens is 3. The van der Waals surface area contributed by atoms with E-state index in [2.05, 4.69) is 32.2 Å². The van der Waals surface area contributed by atoms with Crippen molar-refractivity contribution in [2.24, 2.45) is 0 Å². The molecule has 0 atom stereocenters. The molecule has 25 heavy (non-hydrogen) atoms. The van der Waals surface area contributed by atoms with Gasteiger partial charge in [0, 0.05) is 25.8 Å². The second-order valence-corrected chi connectivity index (χ2v) is 6.10. The first-order chi connectivity index (χ1) is 12.0. The van der Waals surface area contributed by atoms with Crippen molar-refractivity contribution in [2.75, 3.05) is 18.4 Å². The van der Waals surface area contributed by atoms with Crippen LogP contribution in [0, 0.1) is 0 Å². The predicted octanol–water partition coefficient (Wildman–Crippen LogP) is 2.92. The molecule has 136 valence electrons. The maximum atomic E-state index is 12.7. The highest BCUT2D eigenvalue weighted by Gasteiger charge is 2.32. The molecule has 0 aromatic carbocycles. The molecule has 1 N–H and O–H groups in total. The predicted molar refractivity (Wildman–Crippen MR) is 86.8 cm³/mol. The van der Waals surface area contributed by atoms with Crippen LogP contribution in [0.1, 0.15) is 36.8 Å². The summed E-state index contributed by atoms with van der Waals surface area (Å²) in [4.78, 5) is 9.74. The lowest BCUT2D eigenvalue weighted by molar-refractivity contribution is -0.141. The number of fused-ring (bicyclic) bond motifs is 1. The van der Waals surface area contributed by atoms with Gasteiger partial charge in [-0.2, -0.15) is 18.3 Å². The number of nitrogens with zero attached hydrogens (tertiary/aromatic N) is 5. The molecule has 1 aliphatic heterocycles. The van der Waals surface area contributed by atoms with Crippen molar-refractivity contribution in [1.29, 1.82) is 0 Å². The fourth-order valence-electron chi connectivity index (χ4n) is 2.95. The highest BCUT2D eigenvalue weighted by Crippen LogP contribution is 2.27. The summed E-state index contributed by atoms with van der Waals surface area (Å²) in [7, 11) is 0. The summed E-state index contributed by atoms with van der Waals surface area (Å²) in [6, 6.07) is 2.85. The molecule has 3 rings (SSSR count). The molecule has 0 unspecified atom stereocenters. The zero-order chi connectivity index (χ0) is 17.9. The van der Waals surface area contributed by atoms with Gasteiger partial charge in [-0.25, -0.2) is 9.97 Å². The van der Waals surface area contributed by atoms with Gasteiger partial charge in [-0.05, 0) is 31.5 Å². The van der Waals surface area contributed by atoms with Crippen LogP contribution in [0.25, 0.3) is 0 Å². The lowest BCUT2D eigenvalue weighted by Gasteiger charge is -2.17. The van der Waals surface area contributed by atoms with Crippen LogP contribution in [-0.2, 0) is 25.8 Å². The molecule has 3 heterocycles. The number of anilines is 1.